The number of aliphatic hydroxyl groups is 1. The third kappa shape index (κ3) is 4.81. The molecule has 0 aromatic heterocycles. The average molecular weight is 287 g/mol. The molecule has 0 unspecified atom stereocenters. The van der Waals surface area contributed by atoms with E-state index in [1.807, 2.05) is 13.8 Å². The number of aliphatic hydroxyl groups excluding tert-OH is 1. The van der Waals surface area contributed by atoms with Crippen molar-refractivity contribution in [1.82, 2.24) is 4.72 Å². The molecule has 1 atom stereocenters. The van der Waals surface area contributed by atoms with Crippen LogP contribution in [0.3, 0.4) is 0 Å². The minimum Gasteiger partial charge on any atom is -0.491 e. The Morgan fingerprint density at radius 1 is 1.32 bits per heavy atom. The van der Waals surface area contributed by atoms with Gasteiger partial charge < -0.3 is 9.84 Å². The molecule has 0 saturated carbocycles. The molecule has 0 aliphatic rings. The molecule has 0 fully saturated rings. The van der Waals surface area contributed by atoms with Crippen LogP contribution in [0.2, 0.25) is 0 Å². The Balaban J connectivity index is 2.94. The lowest BCUT2D eigenvalue weighted by Gasteiger charge is -2.14. The van der Waals surface area contributed by atoms with Crippen LogP contribution in [0.25, 0.3) is 0 Å². The maximum atomic E-state index is 12.0. The molecule has 2 N–H and O–H groups in total. The van der Waals surface area contributed by atoms with Crippen molar-refractivity contribution < 1.29 is 18.3 Å². The third-order valence-electron chi connectivity index (χ3n) is 2.39. The zero-order valence-corrected chi connectivity index (χ0v) is 12.5. The van der Waals surface area contributed by atoms with Crippen LogP contribution >= 0.6 is 0 Å². The fraction of sp³-hybridized carbons (Fsp3) is 0.538. The van der Waals surface area contributed by atoms with Crippen molar-refractivity contribution in [3.05, 3.63) is 23.8 Å². The largest absolute Gasteiger partial charge is 0.491 e. The molecule has 5 nitrogen and oxygen atoms in total. The molecule has 0 bridgehead atoms. The molecule has 0 saturated heterocycles. The summed E-state index contributed by atoms with van der Waals surface area (Å²) in [6, 6.07) is 4.70. The molecule has 1 aromatic rings. The predicted octanol–water partition coefficient (Wildman–Crippen LogP) is 1.44. The van der Waals surface area contributed by atoms with Gasteiger partial charge in [-0.15, -0.1) is 0 Å². The van der Waals surface area contributed by atoms with Crippen molar-refractivity contribution in [1.29, 1.82) is 0 Å². The second-order valence-electron chi connectivity index (χ2n) is 4.79. The first-order chi connectivity index (χ1) is 8.72. The van der Waals surface area contributed by atoms with Crippen LogP contribution in [0.4, 0.5) is 0 Å². The maximum Gasteiger partial charge on any atom is 0.240 e. The number of rotatable bonds is 6. The molecule has 108 valence electrons. The van der Waals surface area contributed by atoms with Crippen molar-refractivity contribution >= 4 is 10.0 Å². The Morgan fingerprint density at radius 3 is 2.42 bits per heavy atom. The van der Waals surface area contributed by atoms with Crippen molar-refractivity contribution in [3.8, 4) is 5.75 Å². The van der Waals surface area contributed by atoms with Crippen LogP contribution in [0.1, 0.15) is 26.3 Å². The highest BCUT2D eigenvalue weighted by molar-refractivity contribution is 7.89. The standard InChI is InChI=1S/C13H21NO4S/c1-9(2)18-13-6-5-12(7-10(13)3)19(16,17)14-8-11(4)15/h5-7,9,11,14-15H,8H2,1-4H3/t11-/m0/s1. The summed E-state index contributed by atoms with van der Waals surface area (Å²) in [5, 5.41) is 9.11. The second kappa shape index (κ2) is 6.36. The van der Waals surface area contributed by atoms with Gasteiger partial charge in [0.1, 0.15) is 5.75 Å². The molecule has 0 spiro atoms. The lowest BCUT2D eigenvalue weighted by atomic mass is 10.2. The molecule has 0 amide bonds. The van der Waals surface area contributed by atoms with Crippen molar-refractivity contribution in [2.45, 2.75) is 44.8 Å². The smallest absolute Gasteiger partial charge is 0.240 e. The van der Waals surface area contributed by atoms with Gasteiger partial charge in [0, 0.05) is 6.54 Å². The van der Waals surface area contributed by atoms with E-state index in [2.05, 4.69) is 4.72 Å². The lowest BCUT2D eigenvalue weighted by Crippen LogP contribution is -2.30. The summed E-state index contributed by atoms with van der Waals surface area (Å²) < 4.78 is 31.8. The van der Waals surface area contributed by atoms with Crippen molar-refractivity contribution in [2.24, 2.45) is 0 Å². The number of nitrogens with one attached hydrogen (secondary N) is 1. The van der Waals surface area contributed by atoms with Gasteiger partial charge in [0.15, 0.2) is 0 Å². The summed E-state index contributed by atoms with van der Waals surface area (Å²) in [6.07, 6.45) is -0.686. The van der Waals surface area contributed by atoms with Gasteiger partial charge in [-0.1, -0.05) is 0 Å². The van der Waals surface area contributed by atoms with Crippen LogP contribution in [-0.4, -0.2) is 32.3 Å². The van der Waals surface area contributed by atoms with Crippen LogP contribution in [0, 0.1) is 6.92 Å². The van der Waals surface area contributed by atoms with E-state index in [-0.39, 0.29) is 17.5 Å². The predicted molar refractivity (Wildman–Crippen MR) is 73.8 cm³/mol. The SMILES string of the molecule is Cc1cc(S(=O)(=O)NC[C@H](C)O)ccc1OC(C)C. The third-order valence-corrected chi connectivity index (χ3v) is 3.81. The van der Waals surface area contributed by atoms with E-state index < -0.39 is 16.1 Å². The van der Waals surface area contributed by atoms with E-state index in [1.165, 1.54) is 13.0 Å². The maximum absolute atomic E-state index is 12.0. The van der Waals surface area contributed by atoms with E-state index in [1.54, 1.807) is 19.1 Å². The average Bonchev–Trinajstić information content (AvgIpc) is 2.28. The monoisotopic (exact) mass is 287 g/mol. The summed E-state index contributed by atoms with van der Waals surface area (Å²) >= 11 is 0. The van der Waals surface area contributed by atoms with Gasteiger partial charge >= 0.3 is 0 Å². The first-order valence-electron chi connectivity index (χ1n) is 6.17. The number of sulfonamides is 1. The number of benzene rings is 1. The number of ether oxygens (including phenoxy) is 1. The Kier molecular flexibility index (Phi) is 5.34. The summed E-state index contributed by atoms with van der Waals surface area (Å²) in [5.41, 5.74) is 0.758. The Bertz CT molecular complexity index is 523. The molecule has 0 aliphatic heterocycles. The summed E-state index contributed by atoms with van der Waals surface area (Å²) in [5.74, 6) is 0.671. The van der Waals surface area contributed by atoms with E-state index in [0.29, 0.717) is 5.75 Å². The van der Waals surface area contributed by atoms with Crippen LogP contribution in [0.15, 0.2) is 23.1 Å². The minimum absolute atomic E-state index is 0.00831. The fourth-order valence-electron chi connectivity index (χ4n) is 1.49. The first kappa shape index (κ1) is 15.9. The van der Waals surface area contributed by atoms with Gasteiger partial charge in [-0.05, 0) is 51.5 Å². The zero-order valence-electron chi connectivity index (χ0n) is 11.7. The van der Waals surface area contributed by atoms with E-state index >= 15 is 0 Å². The molecule has 0 radical (unpaired) electrons. The molecule has 1 aromatic carbocycles. The Morgan fingerprint density at radius 2 is 1.95 bits per heavy atom. The normalized spacial score (nSPS) is 13.6. The topological polar surface area (TPSA) is 75.6 Å². The van der Waals surface area contributed by atoms with Crippen LogP contribution in [0.5, 0.6) is 5.75 Å². The Labute approximate surface area is 114 Å². The molecule has 6 heteroatoms. The van der Waals surface area contributed by atoms with Gasteiger partial charge in [-0.3, -0.25) is 0 Å². The highest BCUT2D eigenvalue weighted by Crippen LogP contribution is 2.22. The summed E-state index contributed by atoms with van der Waals surface area (Å²) in [6.45, 7) is 7.13. The van der Waals surface area contributed by atoms with Crippen molar-refractivity contribution in [2.75, 3.05) is 6.54 Å². The Hall–Kier alpha value is -1.11. The first-order valence-corrected chi connectivity index (χ1v) is 7.65. The zero-order chi connectivity index (χ0) is 14.6. The van der Waals surface area contributed by atoms with Gasteiger partial charge in [0.25, 0.3) is 0 Å². The molecule has 0 aliphatic carbocycles. The van der Waals surface area contributed by atoms with Gasteiger partial charge in [0.05, 0.1) is 17.1 Å². The second-order valence-corrected chi connectivity index (χ2v) is 6.56. The minimum atomic E-state index is -3.59. The molecular weight excluding hydrogens is 266 g/mol. The summed E-state index contributed by atoms with van der Waals surface area (Å²) in [7, 11) is -3.59. The lowest BCUT2D eigenvalue weighted by molar-refractivity contribution is 0.198. The number of hydrogen-bond donors (Lipinski definition) is 2. The molecule has 0 heterocycles. The van der Waals surface area contributed by atoms with Gasteiger partial charge in [-0.2, -0.15) is 0 Å². The molecular formula is C13H21NO4S. The van der Waals surface area contributed by atoms with Crippen LogP contribution in [-0.2, 0) is 10.0 Å². The summed E-state index contributed by atoms with van der Waals surface area (Å²) in [4.78, 5) is 0.168. The van der Waals surface area contributed by atoms with Crippen molar-refractivity contribution in [3.63, 3.8) is 0 Å². The van der Waals surface area contributed by atoms with E-state index in [0.717, 1.165) is 5.56 Å². The van der Waals surface area contributed by atoms with Gasteiger partial charge in [-0.25, -0.2) is 13.1 Å². The fourth-order valence-corrected chi connectivity index (χ4v) is 2.70. The van der Waals surface area contributed by atoms with E-state index in [4.69, 9.17) is 9.84 Å². The molecule has 19 heavy (non-hydrogen) atoms. The quantitative estimate of drug-likeness (QED) is 0.830. The number of hydrogen-bond acceptors (Lipinski definition) is 4. The number of aryl methyl sites for hydroxylation is 1. The highest BCUT2D eigenvalue weighted by atomic mass is 32.2. The highest BCUT2D eigenvalue weighted by Gasteiger charge is 2.16. The van der Waals surface area contributed by atoms with Crippen LogP contribution < -0.4 is 9.46 Å². The molecule has 1 rings (SSSR count). The van der Waals surface area contributed by atoms with E-state index in [9.17, 15) is 8.42 Å². The van der Waals surface area contributed by atoms with Gasteiger partial charge in [0.2, 0.25) is 10.0 Å².